The highest BCUT2D eigenvalue weighted by Crippen LogP contribution is 2.25. The van der Waals surface area contributed by atoms with E-state index in [0.29, 0.717) is 23.2 Å². The first-order valence-electron chi connectivity index (χ1n) is 7.12. The van der Waals surface area contributed by atoms with Gasteiger partial charge >= 0.3 is 5.97 Å². The number of ether oxygens (including phenoxy) is 1. The first-order chi connectivity index (χ1) is 11.0. The maximum absolute atomic E-state index is 13.2. The Bertz CT molecular complexity index is 761. The van der Waals surface area contributed by atoms with E-state index in [1.165, 1.54) is 12.1 Å². The van der Waals surface area contributed by atoms with Crippen molar-refractivity contribution in [3.63, 3.8) is 0 Å². The number of rotatable bonds is 3. The van der Waals surface area contributed by atoms with Gasteiger partial charge in [0.25, 0.3) is 0 Å². The average Bonchev–Trinajstić information content (AvgIpc) is 2.96. The second-order valence-electron chi connectivity index (χ2n) is 5.16. The molecule has 118 valence electrons. The molecular weight excluding hydrogens is 365 g/mol. The van der Waals surface area contributed by atoms with Crippen molar-refractivity contribution >= 4 is 33.5 Å². The van der Waals surface area contributed by atoms with E-state index in [1.807, 2.05) is 0 Å². The molecule has 0 N–H and O–H groups in total. The fraction of sp³-hybridized carbons (Fsp3) is 0.176. The summed E-state index contributed by atoms with van der Waals surface area (Å²) in [6.07, 6.45) is 1.41. The highest BCUT2D eigenvalue weighted by molar-refractivity contribution is 9.10. The number of amides is 1. The third-order valence-corrected chi connectivity index (χ3v) is 4.27. The molecule has 1 fully saturated rings. The van der Waals surface area contributed by atoms with Crippen LogP contribution >= 0.6 is 15.9 Å². The van der Waals surface area contributed by atoms with Crippen molar-refractivity contribution in [2.75, 3.05) is 11.4 Å². The molecule has 3 rings (SSSR count). The molecule has 0 aliphatic carbocycles. The van der Waals surface area contributed by atoms with E-state index in [4.69, 9.17) is 4.74 Å². The first-order valence-corrected chi connectivity index (χ1v) is 7.91. The lowest BCUT2D eigenvalue weighted by Gasteiger charge is -2.15. The summed E-state index contributed by atoms with van der Waals surface area (Å²) >= 11 is 3.20. The van der Waals surface area contributed by atoms with E-state index in [0.717, 1.165) is 18.2 Å². The number of hydrogen-bond acceptors (Lipinski definition) is 3. The highest BCUT2D eigenvalue weighted by Gasteiger charge is 2.21. The van der Waals surface area contributed by atoms with Crippen LogP contribution < -0.4 is 9.64 Å². The van der Waals surface area contributed by atoms with Gasteiger partial charge in [-0.05, 0) is 64.8 Å². The second-order valence-corrected chi connectivity index (χ2v) is 6.01. The summed E-state index contributed by atoms with van der Waals surface area (Å²) in [6, 6.07) is 10.5. The zero-order valence-corrected chi connectivity index (χ0v) is 13.7. The Morgan fingerprint density at radius 3 is 2.57 bits per heavy atom. The van der Waals surface area contributed by atoms with Crippen LogP contribution in [0.5, 0.6) is 5.75 Å². The molecule has 6 heteroatoms. The largest absolute Gasteiger partial charge is 0.423 e. The van der Waals surface area contributed by atoms with Crippen LogP contribution in [0.2, 0.25) is 0 Å². The van der Waals surface area contributed by atoms with Gasteiger partial charge in [-0.25, -0.2) is 9.18 Å². The minimum atomic E-state index is -0.652. The topological polar surface area (TPSA) is 46.6 Å². The van der Waals surface area contributed by atoms with Crippen molar-refractivity contribution in [1.82, 2.24) is 0 Å². The predicted octanol–water partition coefficient (Wildman–Crippen LogP) is 3.93. The summed E-state index contributed by atoms with van der Waals surface area (Å²) in [6.45, 7) is 0.703. The fourth-order valence-electron chi connectivity index (χ4n) is 2.43. The van der Waals surface area contributed by atoms with Crippen LogP contribution in [0.25, 0.3) is 0 Å². The van der Waals surface area contributed by atoms with Crippen molar-refractivity contribution in [2.24, 2.45) is 0 Å². The third-order valence-electron chi connectivity index (χ3n) is 3.58. The number of carbonyl (C=O) groups excluding carboxylic acids is 2. The van der Waals surface area contributed by atoms with E-state index in [-0.39, 0.29) is 11.5 Å². The number of hydrogen-bond donors (Lipinski definition) is 0. The van der Waals surface area contributed by atoms with Crippen LogP contribution in [-0.2, 0) is 4.79 Å². The van der Waals surface area contributed by atoms with Gasteiger partial charge in [0, 0.05) is 23.1 Å². The molecule has 0 atom stereocenters. The molecule has 1 amide bonds. The fourth-order valence-corrected chi connectivity index (χ4v) is 2.84. The molecule has 1 aliphatic rings. The standard InChI is InChI=1S/C17H13BrFNO3/c18-15-8-3-11(19)10-14(15)17(22)23-13-6-4-12(5-7-13)20-9-1-2-16(20)21/h3-8,10H,1-2,9H2. The Morgan fingerprint density at radius 2 is 1.91 bits per heavy atom. The number of halogens is 2. The van der Waals surface area contributed by atoms with Gasteiger partial charge in [-0.1, -0.05) is 0 Å². The normalized spacial score (nSPS) is 14.2. The molecule has 0 radical (unpaired) electrons. The molecular formula is C17H13BrFNO3. The van der Waals surface area contributed by atoms with Gasteiger partial charge in [0.1, 0.15) is 11.6 Å². The second kappa shape index (κ2) is 6.50. The lowest BCUT2D eigenvalue weighted by atomic mass is 10.2. The summed E-state index contributed by atoms with van der Waals surface area (Å²) in [5.41, 5.74) is 0.892. The molecule has 23 heavy (non-hydrogen) atoms. The molecule has 0 spiro atoms. The Hall–Kier alpha value is -2.21. The maximum atomic E-state index is 13.2. The molecule has 0 unspecified atom stereocenters. The summed E-state index contributed by atoms with van der Waals surface area (Å²) < 4.78 is 18.9. The molecule has 4 nitrogen and oxygen atoms in total. The van der Waals surface area contributed by atoms with Crippen molar-refractivity contribution in [3.05, 3.63) is 58.3 Å². The van der Waals surface area contributed by atoms with E-state index in [2.05, 4.69) is 15.9 Å². The number of carbonyl (C=O) groups is 2. The van der Waals surface area contributed by atoms with E-state index < -0.39 is 11.8 Å². The summed E-state index contributed by atoms with van der Waals surface area (Å²) in [4.78, 5) is 25.5. The molecule has 2 aromatic carbocycles. The molecule has 0 saturated carbocycles. The average molecular weight is 378 g/mol. The van der Waals surface area contributed by atoms with Gasteiger partial charge in [0.2, 0.25) is 5.91 Å². The van der Waals surface area contributed by atoms with Crippen molar-refractivity contribution < 1.29 is 18.7 Å². The van der Waals surface area contributed by atoms with Gasteiger partial charge in [-0.3, -0.25) is 4.79 Å². The van der Waals surface area contributed by atoms with Crippen LogP contribution in [0.3, 0.4) is 0 Å². The van der Waals surface area contributed by atoms with E-state index >= 15 is 0 Å². The smallest absolute Gasteiger partial charge is 0.344 e. The van der Waals surface area contributed by atoms with Gasteiger partial charge in [-0.2, -0.15) is 0 Å². The summed E-state index contributed by atoms with van der Waals surface area (Å²) in [5.74, 6) is -0.732. The number of esters is 1. The molecule has 0 aromatic heterocycles. The quantitative estimate of drug-likeness (QED) is 0.601. The van der Waals surface area contributed by atoms with Crippen LogP contribution in [0.4, 0.5) is 10.1 Å². The van der Waals surface area contributed by atoms with Gasteiger partial charge in [-0.15, -0.1) is 0 Å². The Balaban J connectivity index is 1.74. The molecule has 0 bridgehead atoms. The zero-order valence-electron chi connectivity index (χ0n) is 12.1. The van der Waals surface area contributed by atoms with Crippen LogP contribution in [-0.4, -0.2) is 18.4 Å². The first kappa shape index (κ1) is 15.7. The van der Waals surface area contributed by atoms with Crippen LogP contribution in [0.1, 0.15) is 23.2 Å². The lowest BCUT2D eigenvalue weighted by Crippen LogP contribution is -2.23. The predicted molar refractivity (Wildman–Crippen MR) is 87.1 cm³/mol. The van der Waals surface area contributed by atoms with Gasteiger partial charge in [0.15, 0.2) is 0 Å². The Kier molecular flexibility index (Phi) is 4.43. The minimum Gasteiger partial charge on any atom is -0.423 e. The molecule has 2 aromatic rings. The van der Waals surface area contributed by atoms with Crippen molar-refractivity contribution in [2.45, 2.75) is 12.8 Å². The monoisotopic (exact) mass is 377 g/mol. The van der Waals surface area contributed by atoms with Crippen LogP contribution in [0, 0.1) is 5.82 Å². The lowest BCUT2D eigenvalue weighted by molar-refractivity contribution is -0.117. The third kappa shape index (κ3) is 3.42. The number of anilines is 1. The highest BCUT2D eigenvalue weighted by atomic mass is 79.9. The SMILES string of the molecule is O=C(Oc1ccc(N2CCCC2=O)cc1)c1cc(F)ccc1Br. The maximum Gasteiger partial charge on any atom is 0.344 e. The van der Waals surface area contributed by atoms with Gasteiger partial charge < -0.3 is 9.64 Å². The minimum absolute atomic E-state index is 0.0958. The molecule has 1 aliphatic heterocycles. The summed E-state index contributed by atoms with van der Waals surface area (Å²) in [5, 5.41) is 0. The molecule has 1 heterocycles. The number of nitrogens with zero attached hydrogens (tertiary/aromatic N) is 1. The van der Waals surface area contributed by atoms with Crippen molar-refractivity contribution in [3.8, 4) is 5.75 Å². The van der Waals surface area contributed by atoms with E-state index in [1.54, 1.807) is 29.2 Å². The van der Waals surface area contributed by atoms with E-state index in [9.17, 15) is 14.0 Å². The summed E-state index contributed by atoms with van der Waals surface area (Å²) in [7, 11) is 0. The van der Waals surface area contributed by atoms with Crippen molar-refractivity contribution in [1.29, 1.82) is 0 Å². The molecule has 1 saturated heterocycles. The Morgan fingerprint density at radius 1 is 1.17 bits per heavy atom. The zero-order chi connectivity index (χ0) is 16.4. The van der Waals surface area contributed by atoms with Crippen LogP contribution in [0.15, 0.2) is 46.9 Å². The Labute approximate surface area is 141 Å². The van der Waals surface area contributed by atoms with Gasteiger partial charge in [0.05, 0.1) is 5.56 Å². The number of benzene rings is 2.